The van der Waals surface area contributed by atoms with Gasteiger partial charge in [0.05, 0.1) is 29.6 Å². The van der Waals surface area contributed by atoms with Crippen molar-refractivity contribution in [3.63, 3.8) is 0 Å². The predicted molar refractivity (Wildman–Crippen MR) is 117 cm³/mol. The molecule has 0 atom stereocenters. The first-order valence-corrected chi connectivity index (χ1v) is 10.4. The summed E-state index contributed by atoms with van der Waals surface area (Å²) in [6.07, 6.45) is 2.91. The Morgan fingerprint density at radius 2 is 1.82 bits per heavy atom. The van der Waals surface area contributed by atoms with Crippen molar-refractivity contribution >= 4 is 16.8 Å². The van der Waals surface area contributed by atoms with E-state index in [1.165, 1.54) is 30.4 Å². The van der Waals surface area contributed by atoms with Gasteiger partial charge >= 0.3 is 0 Å². The molecule has 0 aliphatic heterocycles. The van der Waals surface area contributed by atoms with E-state index in [-0.39, 0.29) is 41.3 Å². The lowest BCUT2D eigenvalue weighted by molar-refractivity contribution is 0.0784. The van der Waals surface area contributed by atoms with E-state index in [2.05, 4.69) is 15.2 Å². The standard InChI is InChI=1S/C24H20F4N4O2/c1-3-34-21-7-14(6-19(28)22(21)13-4-16(26)8-17(27)5-13)24(33)32(2)12-15-10-29-20(9-25)18-11-30-31-23(15)18/h4-8,10-11H,3,9,12H2,1-2H3,(H,30,31). The number of carbonyl (C=O) groups is 1. The SMILES string of the molecule is CCOc1cc(C(=O)N(C)Cc2cnc(CF)c3cn[nH]c23)cc(F)c1-c1cc(F)cc(F)c1. The van der Waals surface area contributed by atoms with Crippen molar-refractivity contribution in [1.29, 1.82) is 0 Å². The van der Waals surface area contributed by atoms with Crippen LogP contribution >= 0.6 is 0 Å². The Balaban J connectivity index is 1.67. The molecule has 0 fully saturated rings. The van der Waals surface area contributed by atoms with Crippen molar-refractivity contribution in [2.45, 2.75) is 20.1 Å². The molecule has 4 aromatic rings. The van der Waals surface area contributed by atoms with Crippen molar-refractivity contribution in [3.8, 4) is 16.9 Å². The molecule has 2 aromatic carbocycles. The van der Waals surface area contributed by atoms with Crippen LogP contribution < -0.4 is 4.74 Å². The van der Waals surface area contributed by atoms with E-state index in [9.17, 15) is 18.0 Å². The number of rotatable bonds is 7. The second kappa shape index (κ2) is 9.50. The number of nitrogens with zero attached hydrogens (tertiary/aromatic N) is 3. The fourth-order valence-corrected chi connectivity index (χ4v) is 3.77. The molecule has 0 radical (unpaired) electrons. The molecule has 0 saturated carbocycles. The van der Waals surface area contributed by atoms with Crippen LogP contribution in [0.25, 0.3) is 22.0 Å². The van der Waals surface area contributed by atoms with E-state index >= 15 is 4.39 Å². The number of nitrogens with one attached hydrogen (secondary N) is 1. The number of hydrogen-bond donors (Lipinski definition) is 1. The van der Waals surface area contributed by atoms with Crippen molar-refractivity contribution in [3.05, 3.63) is 77.0 Å². The minimum absolute atomic E-state index is 0.0155. The van der Waals surface area contributed by atoms with Crippen LogP contribution in [0.3, 0.4) is 0 Å². The predicted octanol–water partition coefficient (Wildman–Crippen LogP) is 5.18. The zero-order valence-corrected chi connectivity index (χ0v) is 18.3. The first kappa shape index (κ1) is 23.2. The highest BCUT2D eigenvalue weighted by atomic mass is 19.1. The number of halogens is 4. The first-order chi connectivity index (χ1) is 16.3. The van der Waals surface area contributed by atoms with Crippen LogP contribution in [0.2, 0.25) is 0 Å². The Morgan fingerprint density at radius 1 is 1.09 bits per heavy atom. The Labute approximate surface area is 192 Å². The van der Waals surface area contributed by atoms with Crippen molar-refractivity contribution in [1.82, 2.24) is 20.1 Å². The number of ether oxygens (including phenoxy) is 1. The van der Waals surface area contributed by atoms with Gasteiger partial charge in [0.1, 0.15) is 29.9 Å². The van der Waals surface area contributed by atoms with Crippen molar-refractivity contribution in [2.75, 3.05) is 13.7 Å². The fourth-order valence-electron chi connectivity index (χ4n) is 3.77. The summed E-state index contributed by atoms with van der Waals surface area (Å²) in [5, 5.41) is 7.21. The Morgan fingerprint density at radius 3 is 2.50 bits per heavy atom. The Hall–Kier alpha value is -3.95. The summed E-state index contributed by atoms with van der Waals surface area (Å²) >= 11 is 0. The Bertz CT molecular complexity index is 1350. The summed E-state index contributed by atoms with van der Waals surface area (Å²) < 4.78 is 61.2. The molecule has 10 heteroatoms. The van der Waals surface area contributed by atoms with Crippen LogP contribution in [0, 0.1) is 17.5 Å². The summed E-state index contributed by atoms with van der Waals surface area (Å²) in [6, 6.07) is 4.98. The van der Waals surface area contributed by atoms with Gasteiger partial charge in [-0.05, 0) is 36.8 Å². The van der Waals surface area contributed by atoms with Gasteiger partial charge in [0, 0.05) is 42.4 Å². The molecule has 0 saturated heterocycles. The quantitative estimate of drug-likeness (QED) is 0.376. The van der Waals surface area contributed by atoms with Gasteiger partial charge in [-0.25, -0.2) is 17.6 Å². The number of fused-ring (bicyclic) bond motifs is 1. The van der Waals surface area contributed by atoms with E-state index in [1.807, 2.05) is 0 Å². The maximum absolute atomic E-state index is 15.1. The fraction of sp³-hybridized carbons (Fsp3) is 0.208. The first-order valence-electron chi connectivity index (χ1n) is 10.4. The number of carbonyl (C=O) groups excluding carboxylic acids is 1. The number of aromatic nitrogens is 3. The topological polar surface area (TPSA) is 71.1 Å². The molecule has 1 amide bonds. The number of amides is 1. The third-order valence-corrected chi connectivity index (χ3v) is 5.28. The number of alkyl halides is 1. The molecular formula is C24H20F4N4O2. The summed E-state index contributed by atoms with van der Waals surface area (Å²) in [5.41, 5.74) is 1.16. The Kier molecular flexibility index (Phi) is 6.49. The normalized spacial score (nSPS) is 11.1. The minimum atomic E-state index is -0.866. The molecular weight excluding hydrogens is 452 g/mol. The highest BCUT2D eigenvalue weighted by Crippen LogP contribution is 2.35. The van der Waals surface area contributed by atoms with Gasteiger partial charge in [-0.3, -0.25) is 14.9 Å². The number of H-pyrrole nitrogens is 1. The minimum Gasteiger partial charge on any atom is -0.493 e. The third kappa shape index (κ3) is 4.43. The number of hydrogen-bond acceptors (Lipinski definition) is 4. The zero-order valence-electron chi connectivity index (χ0n) is 18.3. The molecule has 34 heavy (non-hydrogen) atoms. The second-order valence-corrected chi connectivity index (χ2v) is 7.61. The molecule has 0 spiro atoms. The highest BCUT2D eigenvalue weighted by molar-refractivity contribution is 5.96. The van der Waals surface area contributed by atoms with E-state index in [0.717, 1.165) is 18.2 Å². The van der Waals surface area contributed by atoms with Crippen molar-refractivity contribution in [2.24, 2.45) is 0 Å². The summed E-state index contributed by atoms with van der Waals surface area (Å²) in [6.45, 7) is 1.13. The van der Waals surface area contributed by atoms with Crippen LogP contribution in [0.4, 0.5) is 17.6 Å². The largest absolute Gasteiger partial charge is 0.493 e. The smallest absolute Gasteiger partial charge is 0.254 e. The van der Waals surface area contributed by atoms with Crippen LogP contribution in [0.1, 0.15) is 28.5 Å². The molecule has 6 nitrogen and oxygen atoms in total. The number of pyridine rings is 1. The molecule has 0 bridgehead atoms. The van der Waals surface area contributed by atoms with E-state index in [1.54, 1.807) is 6.92 Å². The van der Waals surface area contributed by atoms with Gasteiger partial charge in [0.2, 0.25) is 0 Å². The average molecular weight is 472 g/mol. The van der Waals surface area contributed by atoms with Gasteiger partial charge < -0.3 is 9.64 Å². The van der Waals surface area contributed by atoms with Crippen LogP contribution in [0.5, 0.6) is 5.75 Å². The molecule has 2 heterocycles. The number of aromatic amines is 1. The number of benzene rings is 2. The molecule has 0 aliphatic rings. The maximum atomic E-state index is 15.1. The van der Waals surface area contributed by atoms with E-state index < -0.39 is 30.0 Å². The maximum Gasteiger partial charge on any atom is 0.254 e. The molecule has 2 aromatic heterocycles. The van der Waals surface area contributed by atoms with Crippen molar-refractivity contribution < 1.29 is 27.1 Å². The van der Waals surface area contributed by atoms with Crippen LogP contribution in [-0.4, -0.2) is 39.6 Å². The second-order valence-electron chi connectivity index (χ2n) is 7.61. The van der Waals surface area contributed by atoms with Gasteiger partial charge in [0.25, 0.3) is 5.91 Å². The van der Waals surface area contributed by atoms with Crippen LogP contribution in [-0.2, 0) is 13.2 Å². The van der Waals surface area contributed by atoms with Gasteiger partial charge in [-0.1, -0.05) is 0 Å². The van der Waals surface area contributed by atoms with Gasteiger partial charge in [0.15, 0.2) is 0 Å². The highest BCUT2D eigenvalue weighted by Gasteiger charge is 2.22. The molecule has 4 rings (SSSR count). The van der Waals surface area contributed by atoms with Crippen LogP contribution in [0.15, 0.2) is 42.7 Å². The molecule has 0 aliphatic carbocycles. The lowest BCUT2D eigenvalue weighted by Gasteiger charge is -2.20. The third-order valence-electron chi connectivity index (χ3n) is 5.28. The lowest BCUT2D eigenvalue weighted by atomic mass is 10.0. The van der Waals surface area contributed by atoms with E-state index in [0.29, 0.717) is 22.5 Å². The monoisotopic (exact) mass is 472 g/mol. The average Bonchev–Trinajstić information content (AvgIpc) is 3.28. The van der Waals surface area contributed by atoms with Gasteiger partial charge in [-0.15, -0.1) is 0 Å². The summed E-state index contributed by atoms with van der Waals surface area (Å²) in [5.74, 6) is -3.14. The molecule has 0 unspecified atom stereocenters. The summed E-state index contributed by atoms with van der Waals surface area (Å²) in [7, 11) is 1.52. The van der Waals surface area contributed by atoms with E-state index in [4.69, 9.17) is 4.74 Å². The molecule has 1 N–H and O–H groups in total. The molecule has 176 valence electrons. The van der Waals surface area contributed by atoms with Gasteiger partial charge in [-0.2, -0.15) is 5.10 Å². The lowest BCUT2D eigenvalue weighted by Crippen LogP contribution is -2.26. The summed E-state index contributed by atoms with van der Waals surface area (Å²) in [4.78, 5) is 18.5. The zero-order chi connectivity index (χ0) is 24.4.